The smallest absolute Gasteiger partial charge is 0.272 e. The number of aromatic amines is 1. The van der Waals surface area contributed by atoms with Crippen LogP contribution in [-0.4, -0.2) is 42.5 Å². The Morgan fingerprint density at radius 1 is 1.14 bits per heavy atom. The number of likely N-dealkylation sites (tertiary alicyclic amines) is 1. The number of benzene rings is 2. The normalized spacial score (nSPS) is 23.1. The summed E-state index contributed by atoms with van der Waals surface area (Å²) in [5, 5.41) is 4.87. The van der Waals surface area contributed by atoms with Crippen LogP contribution in [0.2, 0.25) is 5.02 Å². The summed E-state index contributed by atoms with van der Waals surface area (Å²) in [6.45, 7) is 2.60. The predicted octanol–water partition coefficient (Wildman–Crippen LogP) is 4.28. The first kappa shape index (κ1) is 20.1. The van der Waals surface area contributed by atoms with Crippen molar-refractivity contribution in [3.63, 3.8) is 0 Å². The Hall–Kier alpha value is -2.21. The first-order chi connectivity index (χ1) is 13.7. The molecule has 2 aromatic carbocycles. The molecule has 3 heterocycles. The van der Waals surface area contributed by atoms with Crippen LogP contribution in [0.1, 0.15) is 22.1 Å². The van der Waals surface area contributed by atoms with Gasteiger partial charge in [-0.15, -0.1) is 12.4 Å². The number of fused-ring (bicyclic) bond motifs is 2. The number of para-hydroxylation sites is 1. The van der Waals surface area contributed by atoms with Gasteiger partial charge in [0.25, 0.3) is 5.91 Å². The number of ether oxygens (including phenoxy) is 1. The number of halogens is 2. The molecule has 152 valence electrons. The molecule has 5 rings (SSSR count). The maximum Gasteiger partial charge on any atom is 0.272 e. The minimum atomic E-state index is -0.0311. The summed E-state index contributed by atoms with van der Waals surface area (Å²) in [5.41, 5.74) is 2.50. The van der Waals surface area contributed by atoms with Gasteiger partial charge in [-0.1, -0.05) is 41.9 Å². The summed E-state index contributed by atoms with van der Waals surface area (Å²) in [4.78, 5) is 18.8. The average Bonchev–Trinajstić information content (AvgIpc) is 3.41. The van der Waals surface area contributed by atoms with Gasteiger partial charge in [-0.2, -0.15) is 0 Å². The molecule has 2 N–H and O–H groups in total. The van der Waals surface area contributed by atoms with Crippen molar-refractivity contribution in [1.29, 1.82) is 0 Å². The fraction of sp³-hybridized carbons (Fsp3) is 0.318. The Balaban J connectivity index is 0.00000205. The first-order valence-corrected chi connectivity index (χ1v) is 9.97. The summed E-state index contributed by atoms with van der Waals surface area (Å²) in [6, 6.07) is 15.8. The molecule has 7 heteroatoms. The van der Waals surface area contributed by atoms with E-state index in [4.69, 9.17) is 16.3 Å². The molecular formula is C22H23Cl2N3O2. The molecule has 2 aliphatic rings. The summed E-state index contributed by atoms with van der Waals surface area (Å²) in [6.07, 6.45) is 0. The zero-order valence-electron chi connectivity index (χ0n) is 16.0. The largest absolute Gasteiger partial charge is 0.497 e. The van der Waals surface area contributed by atoms with Gasteiger partial charge in [0.05, 0.1) is 18.2 Å². The molecule has 3 atom stereocenters. The monoisotopic (exact) mass is 431 g/mol. The Bertz CT molecular complexity index is 1030. The van der Waals surface area contributed by atoms with E-state index in [1.54, 1.807) is 7.11 Å². The van der Waals surface area contributed by atoms with Crippen molar-refractivity contribution in [3.8, 4) is 5.75 Å². The van der Waals surface area contributed by atoms with E-state index in [1.807, 2.05) is 41.3 Å². The van der Waals surface area contributed by atoms with Crippen LogP contribution in [-0.2, 0) is 0 Å². The van der Waals surface area contributed by atoms with Gasteiger partial charge in [0, 0.05) is 36.5 Å². The van der Waals surface area contributed by atoms with Gasteiger partial charge < -0.3 is 19.9 Å². The molecule has 0 radical (unpaired) electrons. The Morgan fingerprint density at radius 2 is 1.90 bits per heavy atom. The fourth-order valence-electron chi connectivity index (χ4n) is 4.76. The highest BCUT2D eigenvalue weighted by Crippen LogP contribution is 2.44. The van der Waals surface area contributed by atoms with E-state index in [9.17, 15) is 4.79 Å². The lowest BCUT2D eigenvalue weighted by molar-refractivity contribution is 0.0709. The van der Waals surface area contributed by atoms with Gasteiger partial charge in [0.2, 0.25) is 0 Å². The fourth-order valence-corrected chi connectivity index (χ4v) is 5.05. The van der Waals surface area contributed by atoms with Crippen LogP contribution >= 0.6 is 24.0 Å². The number of methoxy groups -OCH3 is 1. The summed E-state index contributed by atoms with van der Waals surface area (Å²) in [5.74, 6) is 1.65. The number of amides is 1. The third-order valence-electron chi connectivity index (χ3n) is 6.14. The number of nitrogens with zero attached hydrogens (tertiary/aromatic N) is 1. The Labute approximate surface area is 180 Å². The van der Waals surface area contributed by atoms with Gasteiger partial charge in [-0.3, -0.25) is 4.79 Å². The van der Waals surface area contributed by atoms with Gasteiger partial charge in [0.1, 0.15) is 11.4 Å². The second-order valence-corrected chi connectivity index (χ2v) is 8.00. The molecule has 1 amide bonds. The maximum absolute atomic E-state index is 13.5. The van der Waals surface area contributed by atoms with Crippen molar-refractivity contribution in [2.75, 3.05) is 26.7 Å². The molecule has 0 saturated carbocycles. The number of aromatic nitrogens is 1. The molecule has 0 bridgehead atoms. The lowest BCUT2D eigenvalue weighted by Crippen LogP contribution is -2.35. The Morgan fingerprint density at radius 3 is 2.62 bits per heavy atom. The standard InChI is InChI=1S/C22H22ClN3O2.ClH/c1-28-15-8-6-13(7-9-15)21-17-11-24-10-14(17)12-26(21)22(27)20-19(23)16-4-2-3-5-18(16)25-20;/h2-9,14,17,21,24-25H,10-12H2,1H3;1H/t14-,17-,21+;/m0./s1. The second-order valence-electron chi connectivity index (χ2n) is 7.62. The van der Waals surface area contributed by atoms with E-state index in [1.165, 1.54) is 0 Å². The molecule has 0 aliphatic carbocycles. The zero-order chi connectivity index (χ0) is 19.3. The van der Waals surface area contributed by atoms with Crippen molar-refractivity contribution in [1.82, 2.24) is 15.2 Å². The topological polar surface area (TPSA) is 57.4 Å². The Kier molecular flexibility index (Phi) is 5.47. The number of nitrogens with one attached hydrogen (secondary N) is 2. The van der Waals surface area contributed by atoms with Crippen LogP contribution in [0.5, 0.6) is 5.75 Å². The summed E-state index contributed by atoms with van der Waals surface area (Å²) in [7, 11) is 1.66. The molecule has 29 heavy (non-hydrogen) atoms. The SMILES string of the molecule is COc1ccc([C@@H]2[C@H]3CNC[C@H]3CN2C(=O)c2[nH]c3ccccc3c2Cl)cc1.Cl. The lowest BCUT2D eigenvalue weighted by Gasteiger charge is -2.28. The molecule has 5 nitrogen and oxygen atoms in total. The van der Waals surface area contributed by atoms with Gasteiger partial charge in [-0.25, -0.2) is 0 Å². The van der Waals surface area contributed by atoms with Crippen LogP contribution in [0.25, 0.3) is 10.9 Å². The van der Waals surface area contributed by atoms with Crippen molar-refractivity contribution < 1.29 is 9.53 Å². The molecule has 1 aromatic heterocycles. The van der Waals surface area contributed by atoms with E-state index in [0.717, 1.165) is 41.9 Å². The molecule has 2 saturated heterocycles. The number of hydrogen-bond donors (Lipinski definition) is 2. The van der Waals surface area contributed by atoms with Crippen LogP contribution < -0.4 is 10.1 Å². The number of carbonyl (C=O) groups excluding carboxylic acids is 1. The predicted molar refractivity (Wildman–Crippen MR) is 117 cm³/mol. The number of rotatable bonds is 3. The quantitative estimate of drug-likeness (QED) is 0.650. The van der Waals surface area contributed by atoms with E-state index in [0.29, 0.717) is 22.6 Å². The van der Waals surface area contributed by atoms with Crippen LogP contribution in [0.3, 0.4) is 0 Å². The van der Waals surface area contributed by atoms with Gasteiger partial charge in [0.15, 0.2) is 0 Å². The molecule has 3 aromatic rings. The van der Waals surface area contributed by atoms with Gasteiger partial charge in [-0.05, 0) is 29.7 Å². The van der Waals surface area contributed by atoms with E-state index in [-0.39, 0.29) is 24.4 Å². The van der Waals surface area contributed by atoms with Crippen LogP contribution in [0, 0.1) is 11.8 Å². The van der Waals surface area contributed by atoms with Crippen molar-refractivity contribution in [3.05, 3.63) is 64.8 Å². The summed E-state index contributed by atoms with van der Waals surface area (Å²) < 4.78 is 5.30. The highest BCUT2D eigenvalue weighted by molar-refractivity contribution is 6.38. The van der Waals surface area contributed by atoms with E-state index >= 15 is 0 Å². The zero-order valence-corrected chi connectivity index (χ0v) is 17.6. The maximum atomic E-state index is 13.5. The first-order valence-electron chi connectivity index (χ1n) is 9.59. The summed E-state index contributed by atoms with van der Waals surface area (Å²) >= 11 is 6.58. The van der Waals surface area contributed by atoms with Crippen molar-refractivity contribution in [2.24, 2.45) is 11.8 Å². The van der Waals surface area contributed by atoms with Crippen LogP contribution in [0.15, 0.2) is 48.5 Å². The molecule has 2 fully saturated rings. The van der Waals surface area contributed by atoms with Crippen molar-refractivity contribution >= 4 is 40.8 Å². The lowest BCUT2D eigenvalue weighted by atomic mass is 9.89. The number of H-pyrrole nitrogens is 1. The molecule has 0 spiro atoms. The number of carbonyl (C=O) groups is 1. The van der Waals surface area contributed by atoms with E-state index in [2.05, 4.69) is 22.4 Å². The van der Waals surface area contributed by atoms with Crippen molar-refractivity contribution in [2.45, 2.75) is 6.04 Å². The van der Waals surface area contributed by atoms with Crippen LogP contribution in [0.4, 0.5) is 0 Å². The third-order valence-corrected chi connectivity index (χ3v) is 6.53. The number of hydrogen-bond acceptors (Lipinski definition) is 3. The highest BCUT2D eigenvalue weighted by atomic mass is 35.5. The van der Waals surface area contributed by atoms with E-state index < -0.39 is 0 Å². The molecular weight excluding hydrogens is 409 g/mol. The third kappa shape index (κ3) is 3.27. The second kappa shape index (κ2) is 7.90. The van der Waals surface area contributed by atoms with Gasteiger partial charge >= 0.3 is 0 Å². The average molecular weight is 432 g/mol. The highest BCUT2D eigenvalue weighted by Gasteiger charge is 2.47. The minimum absolute atomic E-state index is 0. The molecule has 2 aliphatic heterocycles. The minimum Gasteiger partial charge on any atom is -0.497 e. The molecule has 0 unspecified atom stereocenters.